The Bertz CT molecular complexity index is 590. The Balaban J connectivity index is 0.00000667. The molecule has 0 unspecified atom stereocenters. The molecule has 1 fully saturated rings. The highest BCUT2D eigenvalue weighted by Crippen LogP contribution is 2.05. The standard InChI is InChI=1S/C24H44N4O8.C2H4/c1-33-21(29)5-9-25(10-6-22(30)34-2)13-15-27-17-19-28(20-18-27)16-14-26(11-7-23(31)35-3)12-8-24(32)36-4;1-2/h5-20H2,1-4H3;1-2H2. The van der Waals surface area contributed by atoms with Gasteiger partial charge in [0.2, 0.25) is 0 Å². The van der Waals surface area contributed by atoms with Crippen LogP contribution in [0.1, 0.15) is 25.7 Å². The van der Waals surface area contributed by atoms with Crippen LogP contribution in [0.2, 0.25) is 0 Å². The molecule has 12 nitrogen and oxygen atoms in total. The first-order chi connectivity index (χ1) is 18.3. The molecule has 12 heteroatoms. The predicted molar refractivity (Wildman–Crippen MR) is 144 cm³/mol. The molecule has 0 atom stereocenters. The van der Waals surface area contributed by atoms with Crippen molar-refractivity contribution < 1.29 is 38.1 Å². The summed E-state index contributed by atoms with van der Waals surface area (Å²) in [6.07, 6.45) is 1.14. The Morgan fingerprint density at radius 1 is 0.526 bits per heavy atom. The highest BCUT2D eigenvalue weighted by atomic mass is 16.5. The molecule has 0 saturated carbocycles. The summed E-state index contributed by atoms with van der Waals surface area (Å²) >= 11 is 0. The zero-order valence-corrected chi connectivity index (χ0v) is 23.8. The summed E-state index contributed by atoms with van der Waals surface area (Å²) in [4.78, 5) is 55.1. The van der Waals surface area contributed by atoms with Crippen molar-refractivity contribution in [2.24, 2.45) is 0 Å². The van der Waals surface area contributed by atoms with Crippen LogP contribution in [0.15, 0.2) is 13.2 Å². The molecule has 0 aromatic heterocycles. The topological polar surface area (TPSA) is 118 Å². The van der Waals surface area contributed by atoms with Crippen LogP contribution in [0.4, 0.5) is 0 Å². The van der Waals surface area contributed by atoms with Crippen LogP contribution in [0.25, 0.3) is 0 Å². The van der Waals surface area contributed by atoms with Crippen LogP contribution >= 0.6 is 0 Å². The zero-order valence-electron chi connectivity index (χ0n) is 23.8. The molecule has 0 amide bonds. The van der Waals surface area contributed by atoms with Gasteiger partial charge in [-0.1, -0.05) is 0 Å². The third kappa shape index (κ3) is 17.1. The highest BCUT2D eigenvalue weighted by molar-refractivity contribution is 5.70. The molecule has 0 aliphatic carbocycles. The maximum absolute atomic E-state index is 11.5. The normalized spacial score (nSPS) is 13.9. The average Bonchev–Trinajstić information content (AvgIpc) is 2.96. The second-order valence-corrected chi connectivity index (χ2v) is 8.67. The van der Waals surface area contributed by atoms with E-state index in [9.17, 15) is 19.2 Å². The third-order valence-corrected chi connectivity index (χ3v) is 6.37. The Morgan fingerprint density at radius 3 is 0.974 bits per heavy atom. The number of rotatable bonds is 18. The lowest BCUT2D eigenvalue weighted by Gasteiger charge is -2.36. The van der Waals surface area contributed by atoms with E-state index in [1.165, 1.54) is 28.4 Å². The molecule has 0 spiro atoms. The van der Waals surface area contributed by atoms with Crippen molar-refractivity contribution in [1.82, 2.24) is 19.6 Å². The van der Waals surface area contributed by atoms with E-state index in [0.29, 0.717) is 26.2 Å². The molecule has 0 N–H and O–H groups in total. The van der Waals surface area contributed by atoms with Gasteiger partial charge in [0, 0.05) is 78.5 Å². The van der Waals surface area contributed by atoms with Crippen molar-refractivity contribution >= 4 is 23.9 Å². The number of hydrogen-bond acceptors (Lipinski definition) is 12. The quantitative estimate of drug-likeness (QED) is 0.134. The van der Waals surface area contributed by atoms with Crippen LogP contribution in [-0.4, -0.2) is 150 Å². The molecule has 1 saturated heterocycles. The molecule has 1 rings (SSSR count). The van der Waals surface area contributed by atoms with Crippen LogP contribution in [-0.2, 0) is 38.1 Å². The minimum atomic E-state index is -0.265. The first-order valence-corrected chi connectivity index (χ1v) is 13.0. The summed E-state index contributed by atoms with van der Waals surface area (Å²) in [5.74, 6) is -1.06. The van der Waals surface area contributed by atoms with Crippen molar-refractivity contribution in [1.29, 1.82) is 0 Å². The number of nitrogens with zero attached hydrogens (tertiary/aromatic N) is 4. The smallest absolute Gasteiger partial charge is 0.306 e. The number of carbonyl (C=O) groups is 4. The fourth-order valence-electron chi connectivity index (χ4n) is 3.88. The van der Waals surface area contributed by atoms with Crippen molar-refractivity contribution in [3.63, 3.8) is 0 Å². The molecule has 0 bridgehead atoms. The van der Waals surface area contributed by atoms with Gasteiger partial charge >= 0.3 is 23.9 Å². The van der Waals surface area contributed by atoms with E-state index in [4.69, 9.17) is 18.9 Å². The van der Waals surface area contributed by atoms with Gasteiger partial charge < -0.3 is 28.7 Å². The molecule has 0 aromatic rings. The van der Waals surface area contributed by atoms with Gasteiger partial charge in [0.1, 0.15) is 0 Å². The minimum Gasteiger partial charge on any atom is -0.469 e. The van der Waals surface area contributed by atoms with Gasteiger partial charge in [0.25, 0.3) is 0 Å². The van der Waals surface area contributed by atoms with Crippen molar-refractivity contribution in [3.8, 4) is 0 Å². The third-order valence-electron chi connectivity index (χ3n) is 6.37. The molecule has 1 aliphatic rings. The van der Waals surface area contributed by atoms with E-state index in [-0.39, 0.29) is 49.6 Å². The Hall–Kier alpha value is -2.54. The summed E-state index contributed by atoms with van der Waals surface area (Å²) in [6, 6.07) is 0. The predicted octanol–water partition coefficient (Wildman–Crippen LogP) is 0.263. The maximum atomic E-state index is 11.5. The molecule has 1 heterocycles. The summed E-state index contributed by atoms with van der Waals surface area (Å²) in [5.41, 5.74) is 0. The van der Waals surface area contributed by atoms with E-state index in [0.717, 1.165) is 52.4 Å². The lowest BCUT2D eigenvalue weighted by Crippen LogP contribution is -2.50. The summed E-state index contributed by atoms with van der Waals surface area (Å²) < 4.78 is 18.9. The van der Waals surface area contributed by atoms with Gasteiger partial charge in [-0.3, -0.25) is 29.0 Å². The number of carbonyl (C=O) groups excluding carboxylic acids is 4. The van der Waals surface area contributed by atoms with E-state index < -0.39 is 0 Å². The van der Waals surface area contributed by atoms with Gasteiger partial charge in [0.15, 0.2) is 0 Å². The minimum absolute atomic E-state index is 0.265. The molecule has 220 valence electrons. The number of methoxy groups -OCH3 is 4. The van der Waals surface area contributed by atoms with Crippen LogP contribution in [0, 0.1) is 0 Å². The largest absolute Gasteiger partial charge is 0.469 e. The second-order valence-electron chi connectivity index (χ2n) is 8.67. The van der Waals surface area contributed by atoms with E-state index in [1.54, 1.807) is 0 Å². The maximum Gasteiger partial charge on any atom is 0.306 e. The molecular formula is C26H48N4O8. The SMILES string of the molecule is C=C.COC(=O)CCN(CCC(=O)OC)CCN1CCN(CCN(CCC(=O)OC)CCC(=O)OC)CC1. The molecule has 0 aromatic carbocycles. The van der Waals surface area contributed by atoms with Crippen LogP contribution < -0.4 is 0 Å². The Labute approximate surface area is 227 Å². The number of esters is 4. The average molecular weight is 545 g/mol. The van der Waals surface area contributed by atoms with Gasteiger partial charge in [0.05, 0.1) is 54.1 Å². The summed E-state index contributed by atoms with van der Waals surface area (Å²) in [6.45, 7) is 15.0. The van der Waals surface area contributed by atoms with Crippen molar-refractivity contribution in [2.45, 2.75) is 25.7 Å². The van der Waals surface area contributed by atoms with E-state index in [2.05, 4.69) is 32.8 Å². The number of piperazine rings is 1. The second kappa shape index (κ2) is 22.4. The van der Waals surface area contributed by atoms with Gasteiger partial charge in [-0.2, -0.15) is 0 Å². The fraction of sp³-hybridized carbons (Fsp3) is 0.769. The van der Waals surface area contributed by atoms with Gasteiger partial charge in [-0.15, -0.1) is 13.2 Å². The fourth-order valence-corrected chi connectivity index (χ4v) is 3.88. The van der Waals surface area contributed by atoms with E-state index >= 15 is 0 Å². The van der Waals surface area contributed by atoms with Crippen LogP contribution in [0.3, 0.4) is 0 Å². The molecule has 0 radical (unpaired) electrons. The number of ether oxygens (including phenoxy) is 4. The summed E-state index contributed by atoms with van der Waals surface area (Å²) in [7, 11) is 5.49. The molecule has 38 heavy (non-hydrogen) atoms. The van der Waals surface area contributed by atoms with Crippen LogP contribution in [0.5, 0.6) is 0 Å². The molecular weight excluding hydrogens is 496 g/mol. The van der Waals surface area contributed by atoms with E-state index in [1.807, 2.05) is 0 Å². The highest BCUT2D eigenvalue weighted by Gasteiger charge is 2.20. The first-order valence-electron chi connectivity index (χ1n) is 13.0. The monoisotopic (exact) mass is 544 g/mol. The van der Waals surface area contributed by atoms with Crippen molar-refractivity contribution in [2.75, 3.05) is 107 Å². The Kier molecular flexibility index (Phi) is 20.9. The van der Waals surface area contributed by atoms with Gasteiger partial charge in [-0.05, 0) is 0 Å². The molecule has 1 aliphatic heterocycles. The number of hydrogen-bond donors (Lipinski definition) is 0. The zero-order chi connectivity index (χ0) is 28.8. The van der Waals surface area contributed by atoms with Crippen molar-refractivity contribution in [3.05, 3.63) is 13.2 Å². The van der Waals surface area contributed by atoms with Gasteiger partial charge in [-0.25, -0.2) is 0 Å². The first kappa shape index (κ1) is 35.5. The lowest BCUT2D eigenvalue weighted by molar-refractivity contribution is -0.142. The summed E-state index contributed by atoms with van der Waals surface area (Å²) in [5, 5.41) is 0. The Morgan fingerprint density at radius 2 is 0.763 bits per heavy atom. The lowest BCUT2D eigenvalue weighted by atomic mass is 10.2.